The number of carbonyl (C=O) groups is 2. The number of sulfonamides is 1. The van der Waals surface area contributed by atoms with Crippen LogP contribution in [0.5, 0.6) is 5.75 Å². The summed E-state index contributed by atoms with van der Waals surface area (Å²) >= 11 is 0. The first kappa shape index (κ1) is 29.7. The number of rotatable bonds is 12. The van der Waals surface area contributed by atoms with E-state index in [0.717, 1.165) is 15.4 Å². The highest BCUT2D eigenvalue weighted by Crippen LogP contribution is 2.26. The van der Waals surface area contributed by atoms with E-state index >= 15 is 0 Å². The minimum absolute atomic E-state index is 0.0579. The molecule has 1 N–H and O–H groups in total. The fourth-order valence-electron chi connectivity index (χ4n) is 4.12. The molecule has 0 saturated heterocycles. The Bertz CT molecular complexity index is 1360. The molecule has 0 aromatic heterocycles. The van der Waals surface area contributed by atoms with Crippen LogP contribution in [-0.2, 0) is 26.2 Å². The van der Waals surface area contributed by atoms with Gasteiger partial charge in [-0.15, -0.1) is 0 Å². The molecule has 0 spiro atoms. The molecule has 9 heteroatoms. The zero-order valence-electron chi connectivity index (χ0n) is 23.1. The summed E-state index contributed by atoms with van der Waals surface area (Å²) in [5.74, 6) is -0.231. The van der Waals surface area contributed by atoms with Crippen LogP contribution in [0.3, 0.4) is 0 Å². The van der Waals surface area contributed by atoms with Crippen molar-refractivity contribution in [2.45, 2.75) is 58.1 Å². The van der Waals surface area contributed by atoms with Gasteiger partial charge in [0, 0.05) is 12.6 Å². The lowest BCUT2D eigenvalue weighted by atomic mass is 10.1. The maximum atomic E-state index is 13.9. The molecule has 0 unspecified atom stereocenters. The zero-order valence-corrected chi connectivity index (χ0v) is 23.9. The van der Waals surface area contributed by atoms with Crippen LogP contribution in [0, 0.1) is 6.92 Å². The van der Waals surface area contributed by atoms with Gasteiger partial charge in [-0.05, 0) is 76.6 Å². The molecule has 0 heterocycles. The van der Waals surface area contributed by atoms with Gasteiger partial charge in [0.2, 0.25) is 11.8 Å². The zero-order chi connectivity index (χ0) is 28.6. The molecule has 0 aliphatic heterocycles. The molecule has 8 nitrogen and oxygen atoms in total. The second-order valence-corrected chi connectivity index (χ2v) is 11.5. The number of hydrogen-bond acceptors (Lipinski definition) is 5. The first-order chi connectivity index (χ1) is 18.5. The normalized spacial score (nSPS) is 12.1. The van der Waals surface area contributed by atoms with Crippen LogP contribution in [0.4, 0.5) is 5.69 Å². The van der Waals surface area contributed by atoms with Gasteiger partial charge in [0.05, 0.1) is 17.2 Å². The lowest BCUT2D eigenvalue weighted by Gasteiger charge is -2.32. The average Bonchev–Trinajstić information content (AvgIpc) is 2.90. The Kier molecular flexibility index (Phi) is 10.1. The number of nitrogens with one attached hydrogen (secondary N) is 1. The van der Waals surface area contributed by atoms with Crippen molar-refractivity contribution in [2.24, 2.45) is 0 Å². The van der Waals surface area contributed by atoms with E-state index in [9.17, 15) is 18.0 Å². The average molecular weight is 552 g/mol. The number of carbonyl (C=O) groups excluding carboxylic acids is 2. The van der Waals surface area contributed by atoms with Crippen molar-refractivity contribution in [3.8, 4) is 5.75 Å². The number of benzene rings is 3. The maximum absolute atomic E-state index is 13.9. The van der Waals surface area contributed by atoms with Gasteiger partial charge >= 0.3 is 0 Å². The van der Waals surface area contributed by atoms with Gasteiger partial charge in [-0.2, -0.15) is 0 Å². The highest BCUT2D eigenvalue weighted by molar-refractivity contribution is 7.92. The summed E-state index contributed by atoms with van der Waals surface area (Å²) in [6, 6.07) is 21.2. The fourth-order valence-corrected chi connectivity index (χ4v) is 5.55. The third-order valence-corrected chi connectivity index (χ3v) is 7.87. The Morgan fingerprint density at radius 1 is 0.923 bits per heavy atom. The second-order valence-electron chi connectivity index (χ2n) is 9.60. The van der Waals surface area contributed by atoms with Crippen LogP contribution in [0.15, 0.2) is 83.8 Å². The monoisotopic (exact) mass is 551 g/mol. The molecule has 0 radical (unpaired) electrons. The van der Waals surface area contributed by atoms with Crippen molar-refractivity contribution >= 4 is 27.5 Å². The molecule has 3 aromatic carbocycles. The van der Waals surface area contributed by atoms with E-state index in [4.69, 9.17) is 4.74 Å². The van der Waals surface area contributed by atoms with Crippen LogP contribution in [0.1, 0.15) is 38.8 Å². The predicted octanol–water partition coefficient (Wildman–Crippen LogP) is 4.53. The molecule has 208 valence electrons. The maximum Gasteiger partial charge on any atom is 0.264 e. The molecule has 0 aliphatic rings. The highest BCUT2D eigenvalue weighted by Gasteiger charge is 2.32. The summed E-state index contributed by atoms with van der Waals surface area (Å²) < 4.78 is 34.2. The molecule has 3 rings (SSSR count). The summed E-state index contributed by atoms with van der Waals surface area (Å²) in [6.45, 7) is 9.27. The van der Waals surface area contributed by atoms with E-state index in [-0.39, 0.29) is 23.4 Å². The number of aryl methyl sites for hydroxylation is 1. The van der Waals surface area contributed by atoms with E-state index in [2.05, 4.69) is 5.32 Å². The van der Waals surface area contributed by atoms with Gasteiger partial charge in [-0.25, -0.2) is 8.42 Å². The topological polar surface area (TPSA) is 96.0 Å². The highest BCUT2D eigenvalue weighted by atomic mass is 32.2. The van der Waals surface area contributed by atoms with Crippen molar-refractivity contribution in [2.75, 3.05) is 17.5 Å². The number of anilines is 1. The SMILES string of the molecule is CCOc1ccc(N(CC(=O)N(Cc2cccc(C)c2)[C@@H](C)C(=O)NC(C)C)S(=O)(=O)c2ccccc2)cc1. The Hall–Kier alpha value is -3.85. The minimum atomic E-state index is -4.11. The molecular formula is C30H37N3O5S. The molecule has 39 heavy (non-hydrogen) atoms. The first-order valence-corrected chi connectivity index (χ1v) is 14.4. The summed E-state index contributed by atoms with van der Waals surface area (Å²) in [4.78, 5) is 28.4. The molecule has 0 aliphatic carbocycles. The molecule has 3 aromatic rings. The number of ether oxygens (including phenoxy) is 1. The summed E-state index contributed by atoms with van der Waals surface area (Å²) in [5.41, 5.74) is 2.17. The van der Waals surface area contributed by atoms with E-state index in [1.807, 2.05) is 52.0 Å². The van der Waals surface area contributed by atoms with Crippen LogP contribution >= 0.6 is 0 Å². The minimum Gasteiger partial charge on any atom is -0.494 e. The van der Waals surface area contributed by atoms with Crippen molar-refractivity contribution in [1.82, 2.24) is 10.2 Å². The summed E-state index contributed by atoms with van der Waals surface area (Å²) in [6.07, 6.45) is 0. The third kappa shape index (κ3) is 7.83. The Balaban J connectivity index is 2.02. The van der Waals surface area contributed by atoms with Gasteiger partial charge in [-0.3, -0.25) is 13.9 Å². The molecule has 0 fully saturated rings. The summed E-state index contributed by atoms with van der Waals surface area (Å²) in [5, 5.41) is 2.86. The molecule has 0 bridgehead atoms. The Morgan fingerprint density at radius 2 is 1.59 bits per heavy atom. The van der Waals surface area contributed by atoms with E-state index in [0.29, 0.717) is 18.0 Å². The van der Waals surface area contributed by atoms with Gasteiger partial charge in [0.25, 0.3) is 10.0 Å². The number of amides is 2. The molecule has 0 saturated carbocycles. The smallest absolute Gasteiger partial charge is 0.264 e. The van der Waals surface area contributed by atoms with Gasteiger partial charge in [0.1, 0.15) is 18.3 Å². The van der Waals surface area contributed by atoms with Crippen molar-refractivity contribution in [1.29, 1.82) is 0 Å². The van der Waals surface area contributed by atoms with Gasteiger partial charge in [0.15, 0.2) is 0 Å². The second kappa shape index (κ2) is 13.3. The van der Waals surface area contributed by atoms with Crippen LogP contribution in [0.25, 0.3) is 0 Å². The van der Waals surface area contributed by atoms with Crippen LogP contribution in [-0.4, -0.2) is 50.4 Å². The lowest BCUT2D eigenvalue weighted by Crippen LogP contribution is -2.52. The van der Waals surface area contributed by atoms with Crippen LogP contribution in [0.2, 0.25) is 0 Å². The molecule has 1 atom stereocenters. The van der Waals surface area contributed by atoms with Crippen molar-refractivity contribution in [3.63, 3.8) is 0 Å². The molecule has 2 amide bonds. The summed E-state index contributed by atoms with van der Waals surface area (Å²) in [7, 11) is -4.11. The van der Waals surface area contributed by atoms with E-state index < -0.39 is 28.5 Å². The van der Waals surface area contributed by atoms with Crippen molar-refractivity contribution < 1.29 is 22.7 Å². The van der Waals surface area contributed by atoms with E-state index in [1.165, 1.54) is 17.0 Å². The van der Waals surface area contributed by atoms with E-state index in [1.54, 1.807) is 49.4 Å². The largest absolute Gasteiger partial charge is 0.494 e. The molecular weight excluding hydrogens is 514 g/mol. The Labute approximate surface area is 231 Å². The number of nitrogens with zero attached hydrogens (tertiary/aromatic N) is 2. The standard InChI is InChI=1S/C30H37N3O5S/c1-6-38-27-17-15-26(16-18-27)33(39(36,37)28-13-8-7-9-14-28)21-29(34)32(24(5)30(35)31-22(2)3)20-25-12-10-11-23(4)19-25/h7-19,22,24H,6,20-21H2,1-5H3,(H,31,35)/t24-/m0/s1. The van der Waals surface area contributed by atoms with Gasteiger partial charge in [-0.1, -0.05) is 48.0 Å². The third-order valence-electron chi connectivity index (χ3n) is 6.08. The predicted molar refractivity (Wildman–Crippen MR) is 153 cm³/mol. The van der Waals surface area contributed by atoms with Crippen LogP contribution < -0.4 is 14.4 Å². The van der Waals surface area contributed by atoms with Crippen molar-refractivity contribution in [3.05, 3.63) is 90.0 Å². The number of hydrogen-bond donors (Lipinski definition) is 1. The quantitative estimate of drug-likeness (QED) is 0.357. The van der Waals surface area contributed by atoms with Gasteiger partial charge < -0.3 is 15.0 Å². The first-order valence-electron chi connectivity index (χ1n) is 13.0. The Morgan fingerprint density at radius 3 is 2.18 bits per heavy atom. The lowest BCUT2D eigenvalue weighted by molar-refractivity contribution is -0.139. The fraction of sp³-hybridized carbons (Fsp3) is 0.333.